The first-order chi connectivity index (χ1) is 31.0. The number of nitrogens with two attached hydrogens (primary N) is 1. The maximum absolute atomic E-state index is 12.3. The molecule has 0 heterocycles. The van der Waals surface area contributed by atoms with Crippen LogP contribution in [0.15, 0.2) is 0 Å². The molecule has 0 radical (unpaired) electrons. The number of nitrogens with one attached hydrogen (secondary N) is 5. The van der Waals surface area contributed by atoms with E-state index < -0.39 is 24.0 Å². The predicted molar refractivity (Wildman–Crippen MR) is 241 cm³/mol. The molecule has 0 saturated carbocycles. The molecule has 0 fully saturated rings. The monoisotopic (exact) mass is 935 g/mol. The third-order valence-corrected chi connectivity index (χ3v) is 10.4. The second kappa shape index (κ2) is 44.5. The fourth-order valence-electron chi connectivity index (χ4n) is 6.02. The number of amides is 4. The van der Waals surface area contributed by atoms with Crippen molar-refractivity contribution in [1.29, 1.82) is 0 Å². The molecule has 0 aliphatic rings. The summed E-state index contributed by atoms with van der Waals surface area (Å²) in [5.74, 6) is -3.22. The molecule has 21 heteroatoms. The van der Waals surface area contributed by atoms with Crippen LogP contribution < -0.4 is 31.7 Å². The highest BCUT2D eigenvalue weighted by molar-refractivity contribution is 8.12. The molecular weight excluding hydrogens is 857 g/mol. The summed E-state index contributed by atoms with van der Waals surface area (Å²) >= 11 is 0.812. The maximum atomic E-state index is 12.3. The molecule has 0 rings (SSSR count). The number of hydrogen-bond acceptors (Lipinski definition) is 15. The van der Waals surface area contributed by atoms with Crippen LogP contribution in [0.3, 0.4) is 0 Å². The van der Waals surface area contributed by atoms with Crippen LogP contribution in [0.5, 0.6) is 0 Å². The standard InChI is InChI=1S/C43H78N6O14S/c44-31-42(57)64-49-35(32-50)17-15-16-22-45-39(53)33-62-29-28-61-26-24-47-40(54)34-63-30-27-60-25-23-46-37(51)21-20-36(43(58)59)48-38(52)18-13-11-9-7-5-3-1-2-4-6-8-10-12-14-19-41(55)56/h32,35-36,49H,1-31,33-34,44H2,(H,45,53)(H,46,51)(H,47,54)(H,48,52)(H,55,56)(H,58,59)/t35-,36-/m0/s1. The number of unbranched alkanes of at least 4 members (excludes halogenated alkanes) is 14. The summed E-state index contributed by atoms with van der Waals surface area (Å²) in [4.78, 5) is 92.8. The SMILES string of the molecule is NCC(=O)SN[C@H](C=O)CCCCNC(=O)COCCOCCNC(=O)COCCOCCNC(=O)CC[C@H](NC(=O)CCCCCCCCCCCCCCCCC(=O)O)C(=O)O. The zero-order valence-electron chi connectivity index (χ0n) is 37.8. The minimum Gasteiger partial charge on any atom is -0.481 e. The van der Waals surface area contributed by atoms with Crippen molar-refractivity contribution in [3.05, 3.63) is 0 Å². The molecular formula is C43H78N6O14S. The Bertz CT molecular complexity index is 1280. The molecule has 0 aliphatic heterocycles. The maximum Gasteiger partial charge on any atom is 0.326 e. The Labute approximate surface area is 383 Å². The summed E-state index contributed by atoms with van der Waals surface area (Å²) in [6.45, 7) is 1.67. The highest BCUT2D eigenvalue weighted by Gasteiger charge is 2.21. The number of ether oxygens (including phenoxy) is 4. The molecule has 0 spiro atoms. The fraction of sp³-hybridized carbons (Fsp3) is 0.814. The van der Waals surface area contributed by atoms with E-state index in [0.29, 0.717) is 32.2 Å². The lowest BCUT2D eigenvalue weighted by Gasteiger charge is -2.14. The lowest BCUT2D eigenvalue weighted by Crippen LogP contribution is -2.41. The van der Waals surface area contributed by atoms with Gasteiger partial charge in [0.1, 0.15) is 25.5 Å². The minimum absolute atomic E-state index is 0.0338. The van der Waals surface area contributed by atoms with Gasteiger partial charge in [0.25, 0.3) is 0 Å². The molecule has 0 bridgehead atoms. The molecule has 0 aromatic rings. The van der Waals surface area contributed by atoms with Crippen LogP contribution in [0.2, 0.25) is 0 Å². The lowest BCUT2D eigenvalue weighted by atomic mass is 10.0. The summed E-state index contributed by atoms with van der Waals surface area (Å²) in [5, 5.41) is 28.5. The minimum atomic E-state index is -1.19. The molecule has 0 aromatic carbocycles. The number of aliphatic carboxylic acids is 2. The largest absolute Gasteiger partial charge is 0.481 e. The van der Waals surface area contributed by atoms with Gasteiger partial charge in [0.05, 0.1) is 52.2 Å². The second-order valence-electron chi connectivity index (χ2n) is 15.3. The van der Waals surface area contributed by atoms with Gasteiger partial charge in [-0.1, -0.05) is 77.0 Å². The number of carbonyl (C=O) groups is 8. The molecule has 0 aromatic heterocycles. The first kappa shape index (κ1) is 60.3. The fourth-order valence-corrected chi connectivity index (χ4v) is 6.56. The van der Waals surface area contributed by atoms with Gasteiger partial charge in [0.15, 0.2) is 0 Å². The third-order valence-electron chi connectivity index (χ3n) is 9.60. The molecule has 20 nitrogen and oxygen atoms in total. The normalized spacial score (nSPS) is 12.0. The van der Waals surface area contributed by atoms with Crippen molar-refractivity contribution in [2.45, 2.75) is 147 Å². The third kappa shape index (κ3) is 42.2. The van der Waals surface area contributed by atoms with Gasteiger partial charge in [-0.15, -0.1) is 0 Å². The molecule has 0 aliphatic carbocycles. The average Bonchev–Trinajstić information content (AvgIpc) is 3.27. The van der Waals surface area contributed by atoms with Crippen molar-refractivity contribution in [3.63, 3.8) is 0 Å². The number of hydrogen-bond donors (Lipinski definition) is 8. The smallest absolute Gasteiger partial charge is 0.326 e. The van der Waals surface area contributed by atoms with Gasteiger partial charge in [0, 0.05) is 38.9 Å². The van der Waals surface area contributed by atoms with Crippen LogP contribution in [-0.2, 0) is 57.3 Å². The van der Waals surface area contributed by atoms with Gasteiger partial charge in [-0.3, -0.25) is 28.8 Å². The van der Waals surface area contributed by atoms with Crippen LogP contribution >= 0.6 is 11.9 Å². The van der Waals surface area contributed by atoms with E-state index in [1.165, 1.54) is 38.5 Å². The van der Waals surface area contributed by atoms with Gasteiger partial charge in [-0.2, -0.15) is 0 Å². The summed E-state index contributed by atoms with van der Waals surface area (Å²) in [6, 6.07) is -1.62. The van der Waals surface area contributed by atoms with Gasteiger partial charge in [0.2, 0.25) is 28.7 Å². The van der Waals surface area contributed by atoms with Crippen molar-refractivity contribution < 1.29 is 67.5 Å². The van der Waals surface area contributed by atoms with Crippen molar-refractivity contribution in [1.82, 2.24) is 26.0 Å². The van der Waals surface area contributed by atoms with E-state index in [4.69, 9.17) is 29.8 Å². The van der Waals surface area contributed by atoms with Crippen LogP contribution in [-0.4, -0.2) is 148 Å². The van der Waals surface area contributed by atoms with Crippen molar-refractivity contribution in [3.8, 4) is 0 Å². The molecule has 9 N–H and O–H groups in total. The molecule has 0 saturated heterocycles. The van der Waals surface area contributed by atoms with E-state index >= 15 is 0 Å². The van der Waals surface area contributed by atoms with Gasteiger partial charge >= 0.3 is 11.9 Å². The Morgan fingerprint density at radius 2 is 0.984 bits per heavy atom. The van der Waals surface area contributed by atoms with Crippen molar-refractivity contribution in [2.24, 2.45) is 5.73 Å². The topological polar surface area (TPSA) is 300 Å². The van der Waals surface area contributed by atoms with E-state index in [1.54, 1.807) is 0 Å². The zero-order valence-corrected chi connectivity index (χ0v) is 38.7. The highest BCUT2D eigenvalue weighted by Crippen LogP contribution is 2.14. The van der Waals surface area contributed by atoms with E-state index in [9.17, 15) is 43.5 Å². The number of rotatable bonds is 47. The van der Waals surface area contributed by atoms with Gasteiger partial charge < -0.3 is 61.0 Å². The van der Waals surface area contributed by atoms with Gasteiger partial charge in [-0.25, -0.2) is 9.52 Å². The average molecular weight is 935 g/mol. The molecule has 64 heavy (non-hydrogen) atoms. The summed E-state index contributed by atoms with van der Waals surface area (Å²) in [5.41, 5.74) is 5.22. The van der Waals surface area contributed by atoms with E-state index in [-0.39, 0.29) is 127 Å². The Balaban J connectivity index is 3.66. The van der Waals surface area contributed by atoms with Crippen LogP contribution in [0.25, 0.3) is 0 Å². The van der Waals surface area contributed by atoms with Crippen LogP contribution in [0, 0.1) is 0 Å². The van der Waals surface area contributed by atoms with Gasteiger partial charge in [-0.05, 0) is 50.5 Å². The Kier molecular flexibility index (Phi) is 41.9. The molecule has 0 unspecified atom stereocenters. The summed E-state index contributed by atoms with van der Waals surface area (Å²) < 4.78 is 24.1. The van der Waals surface area contributed by atoms with Crippen molar-refractivity contribution in [2.75, 3.05) is 79.0 Å². The first-order valence-corrected chi connectivity index (χ1v) is 23.8. The zero-order chi connectivity index (χ0) is 47.3. The lowest BCUT2D eigenvalue weighted by molar-refractivity contribution is -0.142. The van der Waals surface area contributed by atoms with Crippen LogP contribution in [0.4, 0.5) is 0 Å². The first-order valence-electron chi connectivity index (χ1n) is 22.9. The Hall–Kier alpha value is -3.73. The number of carbonyl (C=O) groups excluding carboxylic acids is 6. The summed E-state index contributed by atoms with van der Waals surface area (Å²) in [6.07, 6.45) is 18.0. The number of carboxylic acids is 2. The number of aldehydes is 1. The van der Waals surface area contributed by atoms with Crippen molar-refractivity contribution >= 4 is 58.9 Å². The van der Waals surface area contributed by atoms with E-state index in [0.717, 1.165) is 63.2 Å². The quantitative estimate of drug-likeness (QED) is 0.0247. The molecule has 2 atom stereocenters. The molecule has 370 valence electrons. The van der Waals surface area contributed by atoms with Crippen LogP contribution in [0.1, 0.15) is 135 Å². The molecule has 4 amide bonds. The second-order valence-corrected chi connectivity index (χ2v) is 16.1. The highest BCUT2D eigenvalue weighted by atomic mass is 32.2. The Morgan fingerprint density at radius 1 is 0.516 bits per heavy atom. The Morgan fingerprint density at radius 3 is 1.47 bits per heavy atom. The number of carboxylic acid groups (broad SMARTS) is 2. The van der Waals surface area contributed by atoms with E-state index in [1.807, 2.05) is 0 Å². The van der Waals surface area contributed by atoms with E-state index in [2.05, 4.69) is 26.0 Å². The predicted octanol–water partition coefficient (Wildman–Crippen LogP) is 2.54. The summed E-state index contributed by atoms with van der Waals surface area (Å²) in [7, 11) is 0.